The van der Waals surface area contributed by atoms with Crippen LogP contribution in [0.1, 0.15) is 123 Å². The number of carbonyl (C=O) groups excluding carboxylic acids is 1. The van der Waals surface area contributed by atoms with Crippen molar-refractivity contribution >= 4 is 5.78 Å². The molecule has 0 saturated heterocycles. The first-order valence-electron chi connectivity index (χ1n) is 9.83. The van der Waals surface area contributed by atoms with E-state index in [9.17, 15) is 4.79 Å². The van der Waals surface area contributed by atoms with Crippen LogP contribution in [0, 0.1) is 0 Å². The maximum absolute atomic E-state index is 11.7. The third kappa shape index (κ3) is 17.6. The van der Waals surface area contributed by atoms with Gasteiger partial charge < -0.3 is 0 Å². The molecule has 0 radical (unpaired) electrons. The van der Waals surface area contributed by atoms with Crippen LogP contribution in [-0.4, -0.2) is 5.78 Å². The van der Waals surface area contributed by atoms with Crippen molar-refractivity contribution in [3.8, 4) is 0 Å². The van der Waals surface area contributed by atoms with E-state index in [2.05, 4.69) is 13.8 Å². The molecule has 0 aliphatic heterocycles. The number of hydrogen-bond donors (Lipinski definition) is 0. The Bertz CT molecular complexity index is 210. The molecule has 0 amide bonds. The van der Waals surface area contributed by atoms with Gasteiger partial charge in [-0.3, -0.25) is 4.79 Å². The fraction of sp³-hybridized carbons (Fsp3) is 0.950. The Morgan fingerprint density at radius 3 is 1.10 bits per heavy atom. The van der Waals surface area contributed by atoms with Gasteiger partial charge in [-0.1, -0.05) is 97.3 Å². The number of unbranched alkanes of at least 4 members (excludes halogenated alkanes) is 13. The van der Waals surface area contributed by atoms with Gasteiger partial charge in [0.05, 0.1) is 0 Å². The predicted molar refractivity (Wildman–Crippen MR) is 94.8 cm³/mol. The van der Waals surface area contributed by atoms with Crippen LogP contribution in [0.2, 0.25) is 0 Å². The molecular weight excluding hydrogens is 256 g/mol. The molecular formula is C20H40O. The van der Waals surface area contributed by atoms with Crippen LogP contribution in [-0.2, 0) is 4.79 Å². The summed E-state index contributed by atoms with van der Waals surface area (Å²) in [7, 11) is 0. The first-order chi connectivity index (χ1) is 10.3. The van der Waals surface area contributed by atoms with Gasteiger partial charge in [-0.25, -0.2) is 0 Å². The summed E-state index contributed by atoms with van der Waals surface area (Å²) in [5.74, 6) is 0.506. The summed E-state index contributed by atoms with van der Waals surface area (Å²) in [6, 6.07) is 0. The predicted octanol–water partition coefficient (Wildman–Crippen LogP) is 7.23. The topological polar surface area (TPSA) is 17.1 Å². The summed E-state index contributed by atoms with van der Waals surface area (Å²) in [5.41, 5.74) is 0. The van der Waals surface area contributed by atoms with Crippen molar-refractivity contribution in [1.82, 2.24) is 0 Å². The van der Waals surface area contributed by atoms with Gasteiger partial charge in [-0.05, 0) is 12.8 Å². The summed E-state index contributed by atoms with van der Waals surface area (Å²) < 4.78 is 0. The summed E-state index contributed by atoms with van der Waals surface area (Å²) in [6.07, 6.45) is 21.4. The SMILES string of the molecule is CCCCCCCCCCCCC(=O)CCCCCCC. The molecule has 21 heavy (non-hydrogen) atoms. The lowest BCUT2D eigenvalue weighted by molar-refractivity contribution is -0.119. The van der Waals surface area contributed by atoms with E-state index in [1.54, 1.807) is 0 Å². The fourth-order valence-corrected chi connectivity index (χ4v) is 2.86. The van der Waals surface area contributed by atoms with E-state index in [1.807, 2.05) is 0 Å². The van der Waals surface area contributed by atoms with Crippen molar-refractivity contribution in [2.24, 2.45) is 0 Å². The molecule has 0 saturated carbocycles. The Balaban J connectivity index is 3.11. The minimum Gasteiger partial charge on any atom is -0.300 e. The van der Waals surface area contributed by atoms with Gasteiger partial charge in [-0.2, -0.15) is 0 Å². The van der Waals surface area contributed by atoms with Crippen molar-refractivity contribution in [1.29, 1.82) is 0 Å². The lowest BCUT2D eigenvalue weighted by Gasteiger charge is -2.03. The zero-order chi connectivity index (χ0) is 15.6. The second kappa shape index (κ2) is 17.7. The van der Waals surface area contributed by atoms with E-state index < -0.39 is 0 Å². The highest BCUT2D eigenvalue weighted by molar-refractivity contribution is 5.78. The lowest BCUT2D eigenvalue weighted by Crippen LogP contribution is -1.97. The van der Waals surface area contributed by atoms with Crippen molar-refractivity contribution in [2.75, 3.05) is 0 Å². The molecule has 0 spiro atoms. The smallest absolute Gasteiger partial charge is 0.132 e. The quantitative estimate of drug-likeness (QED) is 0.259. The minimum atomic E-state index is 0.506. The molecule has 0 aromatic heterocycles. The molecule has 1 heteroatoms. The number of hydrogen-bond acceptors (Lipinski definition) is 1. The molecule has 0 atom stereocenters. The average Bonchev–Trinajstić information content (AvgIpc) is 2.49. The molecule has 0 aromatic rings. The van der Waals surface area contributed by atoms with Crippen molar-refractivity contribution in [3.63, 3.8) is 0 Å². The zero-order valence-electron chi connectivity index (χ0n) is 14.9. The molecule has 0 aromatic carbocycles. The van der Waals surface area contributed by atoms with Crippen LogP contribution >= 0.6 is 0 Å². The second-order valence-corrected chi connectivity index (χ2v) is 6.63. The van der Waals surface area contributed by atoms with Crippen molar-refractivity contribution in [2.45, 2.75) is 123 Å². The number of carbonyl (C=O) groups is 1. The maximum atomic E-state index is 11.7. The lowest BCUT2D eigenvalue weighted by atomic mass is 10.0. The summed E-state index contributed by atoms with van der Waals surface area (Å²) in [4.78, 5) is 11.7. The van der Waals surface area contributed by atoms with Gasteiger partial charge in [0.1, 0.15) is 5.78 Å². The molecule has 0 N–H and O–H groups in total. The number of rotatable bonds is 17. The molecule has 0 unspecified atom stereocenters. The number of Topliss-reactive ketones (excluding diaryl/α,β-unsaturated/α-hetero) is 1. The molecule has 1 nitrogen and oxygen atoms in total. The van der Waals surface area contributed by atoms with Gasteiger partial charge in [0.25, 0.3) is 0 Å². The third-order valence-corrected chi connectivity index (χ3v) is 4.37. The first kappa shape index (κ1) is 20.7. The van der Waals surface area contributed by atoms with Crippen LogP contribution < -0.4 is 0 Å². The van der Waals surface area contributed by atoms with Gasteiger partial charge in [-0.15, -0.1) is 0 Å². The van der Waals surface area contributed by atoms with E-state index in [1.165, 1.54) is 83.5 Å². The van der Waals surface area contributed by atoms with Crippen LogP contribution in [0.4, 0.5) is 0 Å². The summed E-state index contributed by atoms with van der Waals surface area (Å²) >= 11 is 0. The molecule has 0 aliphatic rings. The third-order valence-electron chi connectivity index (χ3n) is 4.37. The summed E-state index contributed by atoms with van der Waals surface area (Å²) in [6.45, 7) is 4.50. The highest BCUT2D eigenvalue weighted by Crippen LogP contribution is 2.12. The van der Waals surface area contributed by atoms with Crippen LogP contribution in [0.15, 0.2) is 0 Å². The van der Waals surface area contributed by atoms with Crippen LogP contribution in [0.3, 0.4) is 0 Å². The Hall–Kier alpha value is -0.330. The number of ketones is 1. The van der Waals surface area contributed by atoms with Gasteiger partial charge >= 0.3 is 0 Å². The van der Waals surface area contributed by atoms with Crippen LogP contribution in [0.25, 0.3) is 0 Å². The van der Waals surface area contributed by atoms with Gasteiger partial charge in [0.2, 0.25) is 0 Å². The highest BCUT2D eigenvalue weighted by Gasteiger charge is 2.01. The Morgan fingerprint density at radius 2 is 0.762 bits per heavy atom. The zero-order valence-corrected chi connectivity index (χ0v) is 14.9. The Kier molecular flexibility index (Phi) is 17.4. The first-order valence-corrected chi connectivity index (χ1v) is 9.83. The van der Waals surface area contributed by atoms with E-state index in [0.29, 0.717) is 5.78 Å². The molecule has 126 valence electrons. The normalized spacial score (nSPS) is 11.0. The largest absolute Gasteiger partial charge is 0.300 e. The Labute approximate surface area is 134 Å². The van der Waals surface area contributed by atoms with E-state index in [-0.39, 0.29) is 0 Å². The molecule has 0 bridgehead atoms. The maximum Gasteiger partial charge on any atom is 0.132 e. The van der Waals surface area contributed by atoms with Crippen molar-refractivity contribution in [3.05, 3.63) is 0 Å². The standard InChI is InChI=1S/C20H40O/c1-3-5-7-9-10-11-12-13-15-17-19-20(21)18-16-14-8-6-4-2/h3-19H2,1-2H3. The fourth-order valence-electron chi connectivity index (χ4n) is 2.86. The molecule has 0 heterocycles. The van der Waals surface area contributed by atoms with E-state index in [4.69, 9.17) is 0 Å². The monoisotopic (exact) mass is 296 g/mol. The highest BCUT2D eigenvalue weighted by atomic mass is 16.1. The van der Waals surface area contributed by atoms with Gasteiger partial charge in [0, 0.05) is 12.8 Å². The molecule has 0 aliphatic carbocycles. The van der Waals surface area contributed by atoms with Crippen LogP contribution in [0.5, 0.6) is 0 Å². The molecule has 0 rings (SSSR count). The Morgan fingerprint density at radius 1 is 0.476 bits per heavy atom. The minimum absolute atomic E-state index is 0.506. The van der Waals surface area contributed by atoms with Crippen molar-refractivity contribution < 1.29 is 4.79 Å². The van der Waals surface area contributed by atoms with E-state index >= 15 is 0 Å². The van der Waals surface area contributed by atoms with E-state index in [0.717, 1.165) is 25.7 Å². The second-order valence-electron chi connectivity index (χ2n) is 6.63. The summed E-state index contributed by atoms with van der Waals surface area (Å²) in [5, 5.41) is 0. The average molecular weight is 297 g/mol. The molecule has 0 fully saturated rings. The van der Waals surface area contributed by atoms with Gasteiger partial charge in [0.15, 0.2) is 0 Å².